The molecule has 5 nitrogen and oxygen atoms in total. The molecule has 1 saturated heterocycles. The fraction of sp³-hybridized carbons (Fsp3) is 0.100. The lowest BCUT2D eigenvalue weighted by molar-refractivity contribution is -0.122. The van der Waals surface area contributed by atoms with Crippen LogP contribution in [0.1, 0.15) is 11.1 Å². The van der Waals surface area contributed by atoms with E-state index in [-0.39, 0.29) is 18.1 Å². The zero-order chi connectivity index (χ0) is 20.3. The quantitative estimate of drug-likeness (QED) is 0.306. The van der Waals surface area contributed by atoms with Crippen molar-refractivity contribution < 1.29 is 14.3 Å². The summed E-state index contributed by atoms with van der Waals surface area (Å²) in [5.41, 5.74) is 1.91. The van der Waals surface area contributed by atoms with Gasteiger partial charge in [0.05, 0.1) is 8.95 Å². The molecule has 1 aliphatic heterocycles. The number of benzene rings is 2. The Labute approximate surface area is 184 Å². The number of halogens is 3. The molecule has 3 rings (SSSR count). The molecule has 1 fully saturated rings. The zero-order valence-corrected chi connectivity index (χ0v) is 18.5. The molecule has 1 N–H and O–H groups in total. The summed E-state index contributed by atoms with van der Waals surface area (Å²) in [6, 6.07) is 10.6. The Morgan fingerprint density at radius 1 is 1.14 bits per heavy atom. The molecule has 2 aromatic carbocycles. The Bertz CT molecular complexity index is 951. The van der Waals surface area contributed by atoms with Crippen LogP contribution in [0.25, 0.3) is 6.08 Å². The molecule has 0 atom stereocenters. The first-order valence-electron chi connectivity index (χ1n) is 8.20. The van der Waals surface area contributed by atoms with Crippen LogP contribution in [0, 0.1) is 0 Å². The Morgan fingerprint density at radius 2 is 1.79 bits per heavy atom. The molecule has 0 unspecified atom stereocenters. The minimum absolute atomic E-state index is 0.160. The van der Waals surface area contributed by atoms with Crippen molar-refractivity contribution in [3.63, 3.8) is 0 Å². The first-order valence-corrected chi connectivity index (χ1v) is 10.2. The highest BCUT2D eigenvalue weighted by molar-refractivity contribution is 9.11. The third-order valence-electron chi connectivity index (χ3n) is 3.90. The predicted molar refractivity (Wildman–Crippen MR) is 116 cm³/mol. The van der Waals surface area contributed by atoms with E-state index in [1.54, 1.807) is 6.08 Å². The molecular formula is C20H15Br2ClN2O3. The first kappa shape index (κ1) is 20.6. The number of amides is 3. The van der Waals surface area contributed by atoms with Crippen molar-refractivity contribution in [2.45, 2.75) is 6.61 Å². The lowest BCUT2D eigenvalue weighted by Crippen LogP contribution is -2.30. The standard InChI is InChI=1S/C20H15Br2ClN2O3/c1-2-7-25-19(26)17(24-20(25)27)10-13-8-15(21)18(16(22)9-13)28-11-12-3-5-14(23)6-4-12/h2-6,8-10H,1,7,11H2,(H,24,27)/b17-10+. The molecule has 8 heteroatoms. The van der Waals surface area contributed by atoms with Gasteiger partial charge in [-0.05, 0) is 73.3 Å². The number of nitrogens with one attached hydrogen (secondary N) is 1. The maximum atomic E-state index is 12.3. The Hall–Kier alpha value is -2.09. The number of urea groups is 1. The van der Waals surface area contributed by atoms with Crippen molar-refractivity contribution >= 4 is 61.5 Å². The molecule has 28 heavy (non-hydrogen) atoms. The number of carbonyl (C=O) groups is 2. The van der Waals surface area contributed by atoms with Crippen LogP contribution in [-0.2, 0) is 11.4 Å². The highest BCUT2D eigenvalue weighted by atomic mass is 79.9. The highest BCUT2D eigenvalue weighted by Crippen LogP contribution is 2.36. The van der Waals surface area contributed by atoms with E-state index in [4.69, 9.17) is 16.3 Å². The van der Waals surface area contributed by atoms with Crippen molar-refractivity contribution in [2.75, 3.05) is 6.54 Å². The Morgan fingerprint density at radius 3 is 2.39 bits per heavy atom. The van der Waals surface area contributed by atoms with Crippen molar-refractivity contribution in [2.24, 2.45) is 0 Å². The third kappa shape index (κ3) is 4.66. The number of hydrogen-bond acceptors (Lipinski definition) is 3. The average Bonchev–Trinajstić information content (AvgIpc) is 2.90. The van der Waals surface area contributed by atoms with E-state index in [1.165, 1.54) is 6.08 Å². The monoisotopic (exact) mass is 524 g/mol. The summed E-state index contributed by atoms with van der Waals surface area (Å²) in [6.07, 6.45) is 3.11. The van der Waals surface area contributed by atoms with Gasteiger partial charge in [0, 0.05) is 11.6 Å². The predicted octanol–water partition coefficient (Wildman–Crippen LogP) is 5.52. The van der Waals surface area contributed by atoms with E-state index < -0.39 is 6.03 Å². The van der Waals surface area contributed by atoms with Crippen LogP contribution in [0.3, 0.4) is 0 Å². The Kier molecular flexibility index (Phi) is 6.59. The van der Waals surface area contributed by atoms with Crippen molar-refractivity contribution in [3.05, 3.63) is 79.8 Å². The van der Waals surface area contributed by atoms with Gasteiger partial charge in [-0.1, -0.05) is 29.8 Å². The van der Waals surface area contributed by atoms with Crippen molar-refractivity contribution in [3.8, 4) is 5.75 Å². The first-order chi connectivity index (χ1) is 13.4. The van der Waals surface area contributed by atoms with E-state index in [0.717, 1.165) is 16.0 Å². The number of imide groups is 1. The largest absolute Gasteiger partial charge is 0.487 e. The molecule has 0 bridgehead atoms. The van der Waals surface area contributed by atoms with Crippen LogP contribution in [0.5, 0.6) is 5.75 Å². The van der Waals surface area contributed by atoms with Crippen LogP contribution in [-0.4, -0.2) is 23.4 Å². The molecule has 0 aromatic heterocycles. The topological polar surface area (TPSA) is 58.6 Å². The van der Waals surface area contributed by atoms with Gasteiger partial charge in [0.25, 0.3) is 5.91 Å². The number of rotatable bonds is 6. The maximum absolute atomic E-state index is 12.3. The number of carbonyl (C=O) groups excluding carboxylic acids is 2. The van der Waals surface area contributed by atoms with Crippen LogP contribution in [0.2, 0.25) is 5.02 Å². The van der Waals surface area contributed by atoms with E-state index in [9.17, 15) is 9.59 Å². The van der Waals surface area contributed by atoms with Gasteiger partial charge < -0.3 is 10.1 Å². The van der Waals surface area contributed by atoms with Crippen LogP contribution in [0.15, 0.2) is 63.7 Å². The smallest absolute Gasteiger partial charge is 0.329 e. The van der Waals surface area contributed by atoms with Crippen LogP contribution >= 0.6 is 43.5 Å². The van der Waals surface area contributed by atoms with Gasteiger partial charge in [0.1, 0.15) is 18.1 Å². The summed E-state index contributed by atoms with van der Waals surface area (Å²) in [7, 11) is 0. The van der Waals surface area contributed by atoms with Gasteiger partial charge in [0.15, 0.2) is 0 Å². The SMILES string of the molecule is C=CCN1C(=O)N/C(=C/c2cc(Br)c(OCc3ccc(Cl)cc3)c(Br)c2)C1=O. The van der Waals surface area contributed by atoms with Gasteiger partial charge in [0.2, 0.25) is 0 Å². The molecular weight excluding hydrogens is 511 g/mol. The van der Waals surface area contributed by atoms with Crippen molar-refractivity contribution in [1.29, 1.82) is 0 Å². The summed E-state index contributed by atoms with van der Waals surface area (Å²) in [5.74, 6) is 0.243. The van der Waals surface area contributed by atoms with E-state index in [2.05, 4.69) is 43.8 Å². The molecule has 144 valence electrons. The van der Waals surface area contributed by atoms with Gasteiger partial charge in [-0.3, -0.25) is 9.69 Å². The van der Waals surface area contributed by atoms with E-state index >= 15 is 0 Å². The summed E-state index contributed by atoms with van der Waals surface area (Å²) >= 11 is 12.9. The third-order valence-corrected chi connectivity index (χ3v) is 5.33. The number of nitrogens with zero attached hydrogens (tertiary/aromatic N) is 1. The van der Waals surface area contributed by atoms with Crippen molar-refractivity contribution in [1.82, 2.24) is 10.2 Å². The molecule has 0 aliphatic carbocycles. The summed E-state index contributed by atoms with van der Waals surface area (Å²) < 4.78 is 7.31. The van der Waals surface area contributed by atoms with Gasteiger partial charge >= 0.3 is 6.03 Å². The summed E-state index contributed by atoms with van der Waals surface area (Å²) in [4.78, 5) is 25.3. The summed E-state index contributed by atoms with van der Waals surface area (Å²) in [5, 5.41) is 3.24. The molecule has 0 spiro atoms. The maximum Gasteiger partial charge on any atom is 0.329 e. The number of hydrogen-bond donors (Lipinski definition) is 1. The van der Waals surface area contributed by atoms with Crippen LogP contribution < -0.4 is 10.1 Å². The lowest BCUT2D eigenvalue weighted by Gasteiger charge is -2.12. The molecule has 0 saturated carbocycles. The lowest BCUT2D eigenvalue weighted by atomic mass is 10.2. The second-order valence-corrected chi connectivity index (χ2v) is 8.07. The molecule has 0 radical (unpaired) electrons. The minimum Gasteiger partial charge on any atom is -0.487 e. The average molecular weight is 527 g/mol. The molecule has 2 aromatic rings. The normalized spacial score (nSPS) is 15.1. The second kappa shape index (κ2) is 8.94. The molecule has 1 aliphatic rings. The second-order valence-electron chi connectivity index (χ2n) is 5.92. The van der Waals surface area contributed by atoms with Gasteiger partial charge in [-0.15, -0.1) is 6.58 Å². The number of ether oxygens (including phenoxy) is 1. The zero-order valence-electron chi connectivity index (χ0n) is 14.5. The van der Waals surface area contributed by atoms with Gasteiger partial charge in [-0.2, -0.15) is 0 Å². The van der Waals surface area contributed by atoms with E-state index in [0.29, 0.717) is 26.3 Å². The van der Waals surface area contributed by atoms with E-state index in [1.807, 2.05) is 36.4 Å². The Balaban J connectivity index is 1.78. The fourth-order valence-corrected chi connectivity index (χ4v) is 4.15. The summed E-state index contributed by atoms with van der Waals surface area (Å²) in [6.45, 7) is 4.09. The minimum atomic E-state index is -0.461. The molecule has 3 amide bonds. The molecule has 1 heterocycles. The van der Waals surface area contributed by atoms with Gasteiger partial charge in [-0.25, -0.2) is 4.79 Å². The highest BCUT2D eigenvalue weighted by Gasteiger charge is 2.32. The van der Waals surface area contributed by atoms with Crippen LogP contribution in [0.4, 0.5) is 4.79 Å². The fourth-order valence-electron chi connectivity index (χ4n) is 2.57.